The summed E-state index contributed by atoms with van der Waals surface area (Å²) < 4.78 is 42.4. The minimum absolute atomic E-state index is 0.248. The molecule has 1 heterocycles. The first kappa shape index (κ1) is 19.5. The smallest absolute Gasteiger partial charge is 0.406 e. The predicted octanol–water partition coefficient (Wildman–Crippen LogP) is 3.35. The second-order valence-corrected chi connectivity index (χ2v) is 6.12. The zero-order chi connectivity index (χ0) is 20.1. The number of aromatic nitrogens is 2. The molecule has 9 heteroatoms. The largest absolute Gasteiger partial charge is 0.573 e. The molecule has 3 N–H and O–H groups in total. The maximum atomic E-state index is 12.2. The number of guanidine groups is 1. The van der Waals surface area contributed by atoms with Crippen LogP contribution in [0.4, 0.5) is 13.2 Å². The molecule has 1 aromatic heterocycles. The Hall–Kier alpha value is -3.23. The lowest BCUT2D eigenvalue weighted by molar-refractivity contribution is -0.274. The molecule has 0 radical (unpaired) electrons. The van der Waals surface area contributed by atoms with Gasteiger partial charge in [-0.05, 0) is 36.8 Å². The Kier molecular flexibility index (Phi) is 5.72. The number of halogens is 3. The zero-order valence-corrected chi connectivity index (χ0v) is 15.2. The fourth-order valence-electron chi connectivity index (χ4n) is 2.80. The van der Waals surface area contributed by atoms with Gasteiger partial charge in [0, 0.05) is 13.1 Å². The molecule has 0 aliphatic heterocycles. The summed E-state index contributed by atoms with van der Waals surface area (Å²) >= 11 is 0. The molecule has 0 aliphatic rings. The lowest BCUT2D eigenvalue weighted by Gasteiger charge is -2.10. The third kappa shape index (κ3) is 5.15. The van der Waals surface area contributed by atoms with Gasteiger partial charge in [-0.15, -0.1) is 13.2 Å². The van der Waals surface area contributed by atoms with Crippen molar-refractivity contribution in [1.82, 2.24) is 14.9 Å². The van der Waals surface area contributed by atoms with Crippen LogP contribution in [0.3, 0.4) is 0 Å². The molecule has 2 aromatic carbocycles. The van der Waals surface area contributed by atoms with Gasteiger partial charge < -0.3 is 20.4 Å². The minimum atomic E-state index is -4.70. The number of para-hydroxylation sites is 2. The highest BCUT2D eigenvalue weighted by atomic mass is 19.4. The molecule has 0 bridgehead atoms. The molecule has 0 spiro atoms. The number of ether oxygens (including phenoxy) is 1. The first-order valence-electron chi connectivity index (χ1n) is 8.62. The number of nitrogens with zero attached hydrogens (tertiary/aromatic N) is 3. The van der Waals surface area contributed by atoms with Crippen molar-refractivity contribution < 1.29 is 17.9 Å². The van der Waals surface area contributed by atoms with Gasteiger partial charge in [-0.25, -0.2) is 9.98 Å². The topological polar surface area (TPSA) is 77.5 Å². The van der Waals surface area contributed by atoms with Crippen molar-refractivity contribution >= 4 is 17.0 Å². The van der Waals surface area contributed by atoms with Gasteiger partial charge in [0.2, 0.25) is 0 Å². The van der Waals surface area contributed by atoms with Crippen LogP contribution in [0.2, 0.25) is 0 Å². The number of imidazole rings is 1. The van der Waals surface area contributed by atoms with E-state index in [1.807, 2.05) is 31.2 Å². The summed E-state index contributed by atoms with van der Waals surface area (Å²) in [5, 5.41) is 3.03. The summed E-state index contributed by atoms with van der Waals surface area (Å²) in [7, 11) is 0. The molecule has 0 fully saturated rings. The second-order valence-electron chi connectivity index (χ2n) is 6.12. The van der Waals surface area contributed by atoms with E-state index >= 15 is 0 Å². The quantitative estimate of drug-likeness (QED) is 0.499. The summed E-state index contributed by atoms with van der Waals surface area (Å²) in [5.41, 5.74) is 8.58. The van der Waals surface area contributed by atoms with Gasteiger partial charge in [0.05, 0.1) is 17.6 Å². The number of hydrogen-bond acceptors (Lipinski definition) is 3. The van der Waals surface area contributed by atoms with Crippen molar-refractivity contribution in [3.8, 4) is 5.75 Å². The highest BCUT2D eigenvalue weighted by Crippen LogP contribution is 2.22. The Bertz CT molecular complexity index is 964. The van der Waals surface area contributed by atoms with Crippen molar-refractivity contribution in [3.05, 3.63) is 59.9 Å². The molecule has 3 rings (SSSR count). The van der Waals surface area contributed by atoms with Crippen molar-refractivity contribution in [2.24, 2.45) is 10.7 Å². The van der Waals surface area contributed by atoms with E-state index < -0.39 is 6.36 Å². The van der Waals surface area contributed by atoms with Gasteiger partial charge >= 0.3 is 6.36 Å². The van der Waals surface area contributed by atoms with Crippen molar-refractivity contribution in [2.45, 2.75) is 26.4 Å². The number of benzene rings is 2. The van der Waals surface area contributed by atoms with E-state index in [2.05, 4.69) is 24.6 Å². The average Bonchev–Trinajstić information content (AvgIpc) is 2.95. The maximum Gasteiger partial charge on any atom is 0.573 e. The van der Waals surface area contributed by atoms with E-state index in [0.717, 1.165) is 22.4 Å². The number of nitrogens with one attached hydrogen (secondary N) is 1. The molecule has 0 aliphatic carbocycles. The highest BCUT2D eigenvalue weighted by Gasteiger charge is 2.30. The molecular formula is C19H20F3N5O. The average molecular weight is 391 g/mol. The molecule has 0 saturated carbocycles. The van der Waals surface area contributed by atoms with Crippen molar-refractivity contribution in [1.29, 1.82) is 0 Å². The molecule has 28 heavy (non-hydrogen) atoms. The second kappa shape index (κ2) is 8.20. The van der Waals surface area contributed by atoms with Crippen LogP contribution >= 0.6 is 0 Å². The fourth-order valence-corrected chi connectivity index (χ4v) is 2.80. The molecule has 0 saturated heterocycles. The number of rotatable bonds is 6. The minimum Gasteiger partial charge on any atom is -0.406 e. The molecule has 0 atom stereocenters. The van der Waals surface area contributed by atoms with Gasteiger partial charge in [-0.3, -0.25) is 0 Å². The fraction of sp³-hybridized carbons (Fsp3) is 0.263. The maximum absolute atomic E-state index is 12.2. The van der Waals surface area contributed by atoms with Crippen LogP contribution in [0.5, 0.6) is 5.75 Å². The van der Waals surface area contributed by atoms with Crippen LogP contribution in [0, 0.1) is 6.92 Å². The van der Waals surface area contributed by atoms with E-state index in [-0.39, 0.29) is 18.3 Å². The molecule has 3 aromatic rings. The Morgan fingerprint density at radius 2 is 1.89 bits per heavy atom. The van der Waals surface area contributed by atoms with Crippen LogP contribution in [0.1, 0.15) is 11.4 Å². The molecular weight excluding hydrogens is 371 g/mol. The number of fused-ring (bicyclic) bond motifs is 1. The first-order valence-corrected chi connectivity index (χ1v) is 8.62. The number of aliphatic imine (C=N–C) groups is 1. The van der Waals surface area contributed by atoms with Crippen molar-refractivity contribution in [2.75, 3.05) is 6.54 Å². The van der Waals surface area contributed by atoms with Gasteiger partial charge in [0.15, 0.2) is 5.96 Å². The standard InChI is InChI=1S/C19H20F3N5O/c1-13-26-16-4-2-3-5-17(16)27(13)11-10-24-18(23)25-12-14-6-8-15(9-7-14)28-19(20,21)22/h2-9H,10-12H2,1H3,(H3,23,24,25). The first-order chi connectivity index (χ1) is 13.3. The Balaban J connectivity index is 1.51. The van der Waals surface area contributed by atoms with Crippen LogP contribution in [-0.4, -0.2) is 28.4 Å². The summed E-state index contributed by atoms with van der Waals surface area (Å²) in [5.74, 6) is 0.909. The lowest BCUT2D eigenvalue weighted by Crippen LogP contribution is -2.34. The van der Waals surface area contributed by atoms with E-state index in [9.17, 15) is 13.2 Å². The van der Waals surface area contributed by atoms with Gasteiger partial charge in [-0.1, -0.05) is 24.3 Å². The molecule has 0 unspecified atom stereocenters. The predicted molar refractivity (Wildman–Crippen MR) is 101 cm³/mol. The van der Waals surface area contributed by atoms with Crippen LogP contribution in [0.25, 0.3) is 11.0 Å². The van der Waals surface area contributed by atoms with Crippen LogP contribution in [0.15, 0.2) is 53.5 Å². The number of nitrogens with two attached hydrogens (primary N) is 1. The van der Waals surface area contributed by atoms with E-state index in [4.69, 9.17) is 5.73 Å². The van der Waals surface area contributed by atoms with E-state index in [0.29, 0.717) is 13.1 Å². The summed E-state index contributed by atoms with van der Waals surface area (Å²) in [4.78, 5) is 8.71. The van der Waals surface area contributed by atoms with E-state index in [1.54, 1.807) is 0 Å². The number of hydrogen-bond donors (Lipinski definition) is 2. The van der Waals surface area contributed by atoms with Crippen molar-refractivity contribution in [3.63, 3.8) is 0 Å². The van der Waals surface area contributed by atoms with Gasteiger partial charge in [-0.2, -0.15) is 0 Å². The van der Waals surface area contributed by atoms with Crippen LogP contribution < -0.4 is 15.8 Å². The zero-order valence-electron chi connectivity index (χ0n) is 15.2. The molecule has 148 valence electrons. The van der Waals surface area contributed by atoms with E-state index in [1.165, 1.54) is 24.3 Å². The highest BCUT2D eigenvalue weighted by molar-refractivity contribution is 5.78. The Labute approximate surface area is 159 Å². The van der Waals surface area contributed by atoms with Gasteiger partial charge in [0.25, 0.3) is 0 Å². The lowest BCUT2D eigenvalue weighted by atomic mass is 10.2. The van der Waals surface area contributed by atoms with Crippen LogP contribution in [-0.2, 0) is 13.1 Å². The summed E-state index contributed by atoms with van der Waals surface area (Å²) in [6.07, 6.45) is -4.70. The number of alkyl halides is 3. The normalized spacial score (nSPS) is 12.4. The molecule has 6 nitrogen and oxygen atoms in total. The summed E-state index contributed by atoms with van der Waals surface area (Å²) in [6.45, 7) is 3.43. The Morgan fingerprint density at radius 3 is 2.61 bits per heavy atom. The number of aryl methyl sites for hydroxylation is 1. The monoisotopic (exact) mass is 391 g/mol. The third-order valence-corrected chi connectivity index (χ3v) is 4.08. The summed E-state index contributed by atoms with van der Waals surface area (Å²) in [6, 6.07) is 13.4. The van der Waals surface area contributed by atoms with Gasteiger partial charge in [0.1, 0.15) is 11.6 Å². The Morgan fingerprint density at radius 1 is 1.18 bits per heavy atom. The SMILES string of the molecule is Cc1nc2ccccc2n1CCNC(N)=NCc1ccc(OC(F)(F)F)cc1. The molecule has 0 amide bonds. The third-order valence-electron chi connectivity index (χ3n) is 4.08.